The molecule has 0 saturated heterocycles. The van der Waals surface area contributed by atoms with Crippen LogP contribution in [-0.2, 0) is 12.3 Å². The third-order valence-corrected chi connectivity index (χ3v) is 3.80. The van der Waals surface area contributed by atoms with Crippen LogP contribution in [0.15, 0.2) is 28.2 Å². The summed E-state index contributed by atoms with van der Waals surface area (Å²) in [6, 6.07) is 4.82. The first kappa shape index (κ1) is 14.6. The van der Waals surface area contributed by atoms with Crippen molar-refractivity contribution in [2.45, 2.75) is 30.8 Å². The second-order valence-corrected chi connectivity index (χ2v) is 5.16. The number of hydrogen-bond acceptors (Lipinski definition) is 4. The molecule has 0 atom stereocenters. The van der Waals surface area contributed by atoms with Crippen LogP contribution in [0.25, 0.3) is 0 Å². The molecule has 0 aliphatic rings. The molecule has 2 rings (SSSR count). The smallest absolute Gasteiger partial charge is 0.343 e. The van der Waals surface area contributed by atoms with E-state index in [1.54, 1.807) is 16.7 Å². The highest BCUT2D eigenvalue weighted by Crippen LogP contribution is 2.23. The number of thioether (sulfide) groups is 1. The van der Waals surface area contributed by atoms with Crippen LogP contribution in [0, 0.1) is 5.82 Å². The van der Waals surface area contributed by atoms with Gasteiger partial charge >= 0.3 is 5.69 Å². The average molecular weight is 297 g/mol. The monoisotopic (exact) mass is 297 g/mol. The third-order valence-electron chi connectivity index (χ3n) is 2.75. The Bertz CT molecular complexity index is 639. The number of benzene rings is 1. The van der Waals surface area contributed by atoms with Crippen LogP contribution in [-0.4, -0.2) is 21.9 Å². The maximum absolute atomic E-state index is 13.6. The van der Waals surface area contributed by atoms with Crippen molar-refractivity contribution in [1.82, 2.24) is 14.8 Å². The van der Waals surface area contributed by atoms with Crippen molar-refractivity contribution in [3.63, 3.8) is 0 Å². The molecule has 1 N–H and O–H groups in total. The van der Waals surface area contributed by atoms with E-state index in [-0.39, 0.29) is 11.4 Å². The quantitative estimate of drug-likeness (QED) is 0.832. The number of nitrogens with one attached hydrogen (secondary N) is 1. The minimum absolute atomic E-state index is 0.213. The van der Waals surface area contributed by atoms with Gasteiger partial charge in [-0.3, -0.25) is 4.57 Å². The molecular formula is C13H16FN3O2S. The van der Waals surface area contributed by atoms with Crippen LogP contribution < -0.4 is 10.4 Å². The molecule has 0 amide bonds. The van der Waals surface area contributed by atoms with Gasteiger partial charge in [0.25, 0.3) is 0 Å². The van der Waals surface area contributed by atoms with Crippen molar-refractivity contribution < 1.29 is 9.13 Å². The summed E-state index contributed by atoms with van der Waals surface area (Å²) in [5.41, 5.74) is 0.599. The Morgan fingerprint density at radius 1 is 1.50 bits per heavy atom. The van der Waals surface area contributed by atoms with E-state index < -0.39 is 5.82 Å². The van der Waals surface area contributed by atoms with Crippen molar-refractivity contribution in [1.29, 1.82) is 0 Å². The number of aromatic amines is 1. The molecule has 0 aliphatic carbocycles. The highest BCUT2D eigenvalue weighted by Gasteiger charge is 2.09. The molecule has 0 radical (unpaired) electrons. The lowest BCUT2D eigenvalue weighted by atomic mass is 10.2. The van der Waals surface area contributed by atoms with E-state index in [2.05, 4.69) is 10.2 Å². The van der Waals surface area contributed by atoms with Gasteiger partial charge in [0.1, 0.15) is 0 Å². The first-order valence-electron chi connectivity index (χ1n) is 6.26. The summed E-state index contributed by atoms with van der Waals surface area (Å²) in [7, 11) is 1.43. The number of methoxy groups -OCH3 is 1. The molecule has 108 valence electrons. The zero-order valence-corrected chi connectivity index (χ0v) is 12.2. The molecule has 0 spiro atoms. The van der Waals surface area contributed by atoms with Crippen molar-refractivity contribution in [2.75, 3.05) is 7.11 Å². The molecule has 0 bridgehead atoms. The van der Waals surface area contributed by atoms with Gasteiger partial charge in [-0.05, 0) is 24.1 Å². The number of rotatable bonds is 6. The molecule has 1 aromatic heterocycles. The lowest BCUT2D eigenvalue weighted by Gasteiger charge is -2.06. The van der Waals surface area contributed by atoms with Crippen molar-refractivity contribution in [3.05, 3.63) is 40.1 Å². The van der Waals surface area contributed by atoms with Gasteiger partial charge in [-0.1, -0.05) is 24.8 Å². The van der Waals surface area contributed by atoms with Gasteiger partial charge in [0.15, 0.2) is 16.7 Å². The van der Waals surface area contributed by atoms with Crippen LogP contribution in [0.5, 0.6) is 5.75 Å². The lowest BCUT2D eigenvalue weighted by Crippen LogP contribution is -2.17. The van der Waals surface area contributed by atoms with E-state index in [0.717, 1.165) is 12.0 Å². The minimum atomic E-state index is -0.390. The van der Waals surface area contributed by atoms with Gasteiger partial charge in [0.05, 0.1) is 7.11 Å². The van der Waals surface area contributed by atoms with Gasteiger partial charge in [-0.15, -0.1) is 5.10 Å². The Balaban J connectivity index is 2.09. The van der Waals surface area contributed by atoms with E-state index in [9.17, 15) is 9.18 Å². The Hall–Kier alpha value is -1.76. The summed E-state index contributed by atoms with van der Waals surface area (Å²) in [4.78, 5) is 11.5. The summed E-state index contributed by atoms with van der Waals surface area (Å²) in [5, 5.41) is 7.02. The van der Waals surface area contributed by atoms with Gasteiger partial charge in [0, 0.05) is 12.3 Å². The third kappa shape index (κ3) is 3.22. The molecule has 1 aromatic carbocycles. The molecule has 0 fully saturated rings. The average Bonchev–Trinajstić information content (AvgIpc) is 2.78. The van der Waals surface area contributed by atoms with Gasteiger partial charge < -0.3 is 4.74 Å². The molecule has 2 aromatic rings. The number of aromatic nitrogens is 3. The minimum Gasteiger partial charge on any atom is -0.494 e. The molecule has 0 unspecified atom stereocenters. The van der Waals surface area contributed by atoms with E-state index in [0.29, 0.717) is 17.5 Å². The maximum atomic E-state index is 13.6. The highest BCUT2D eigenvalue weighted by atomic mass is 32.2. The fraction of sp³-hybridized carbons (Fsp3) is 0.385. The van der Waals surface area contributed by atoms with Crippen LogP contribution >= 0.6 is 11.8 Å². The van der Waals surface area contributed by atoms with Gasteiger partial charge in [-0.2, -0.15) is 0 Å². The van der Waals surface area contributed by atoms with Crippen LogP contribution in [0.1, 0.15) is 18.9 Å². The Morgan fingerprint density at radius 3 is 2.95 bits per heavy atom. The number of nitrogens with zero attached hydrogens (tertiary/aromatic N) is 2. The van der Waals surface area contributed by atoms with E-state index in [4.69, 9.17) is 4.74 Å². The number of hydrogen-bond donors (Lipinski definition) is 1. The van der Waals surface area contributed by atoms with Crippen LogP contribution in [0.2, 0.25) is 0 Å². The second kappa shape index (κ2) is 6.60. The number of ether oxygens (including phenoxy) is 1. The van der Waals surface area contributed by atoms with Gasteiger partial charge in [0.2, 0.25) is 0 Å². The SMILES string of the molecule is CCCn1c(SCc2ccc(OC)c(F)c2)n[nH]c1=O. The van der Waals surface area contributed by atoms with Crippen molar-refractivity contribution >= 4 is 11.8 Å². The first-order valence-corrected chi connectivity index (χ1v) is 7.24. The molecule has 20 heavy (non-hydrogen) atoms. The highest BCUT2D eigenvalue weighted by molar-refractivity contribution is 7.98. The predicted molar refractivity (Wildman–Crippen MR) is 75.7 cm³/mol. The summed E-state index contributed by atoms with van der Waals surface area (Å²) in [5.74, 6) is 0.370. The van der Waals surface area contributed by atoms with Crippen molar-refractivity contribution in [3.8, 4) is 5.75 Å². The van der Waals surface area contributed by atoms with E-state index in [1.165, 1.54) is 24.9 Å². The number of H-pyrrole nitrogens is 1. The summed E-state index contributed by atoms with van der Waals surface area (Å²) < 4.78 is 20.0. The summed E-state index contributed by atoms with van der Waals surface area (Å²) in [6.07, 6.45) is 0.851. The molecule has 0 saturated carbocycles. The van der Waals surface area contributed by atoms with E-state index >= 15 is 0 Å². The normalized spacial score (nSPS) is 10.8. The fourth-order valence-electron chi connectivity index (χ4n) is 1.78. The first-order chi connectivity index (χ1) is 9.65. The topological polar surface area (TPSA) is 59.9 Å². The Kier molecular flexibility index (Phi) is 4.84. The van der Waals surface area contributed by atoms with Gasteiger partial charge in [-0.25, -0.2) is 14.3 Å². The zero-order valence-electron chi connectivity index (χ0n) is 11.4. The Morgan fingerprint density at radius 2 is 2.30 bits per heavy atom. The van der Waals surface area contributed by atoms with Crippen LogP contribution in [0.3, 0.4) is 0 Å². The Labute approximate surface area is 120 Å². The number of halogens is 1. The molecular weight excluding hydrogens is 281 g/mol. The lowest BCUT2D eigenvalue weighted by molar-refractivity contribution is 0.386. The summed E-state index contributed by atoms with van der Waals surface area (Å²) >= 11 is 1.40. The van der Waals surface area contributed by atoms with Crippen LogP contribution in [0.4, 0.5) is 4.39 Å². The molecule has 5 nitrogen and oxygen atoms in total. The maximum Gasteiger partial charge on any atom is 0.343 e. The fourth-order valence-corrected chi connectivity index (χ4v) is 2.70. The second-order valence-electron chi connectivity index (χ2n) is 4.22. The predicted octanol–water partition coefficient (Wildman–Crippen LogP) is 2.42. The standard InChI is InChI=1S/C13H16FN3O2S/c1-3-6-17-12(18)15-16-13(17)20-8-9-4-5-11(19-2)10(14)7-9/h4-5,7H,3,6,8H2,1-2H3,(H,15,18). The molecule has 1 heterocycles. The molecule has 0 aliphatic heterocycles. The zero-order chi connectivity index (χ0) is 14.5. The largest absolute Gasteiger partial charge is 0.494 e. The summed E-state index contributed by atoms with van der Waals surface area (Å²) in [6.45, 7) is 2.61. The van der Waals surface area contributed by atoms with Crippen molar-refractivity contribution in [2.24, 2.45) is 0 Å². The molecule has 7 heteroatoms. The van der Waals surface area contributed by atoms with E-state index in [1.807, 2.05) is 6.92 Å².